The number of hydrogen-bond donors (Lipinski definition) is 1. The number of nitriles is 1. The van der Waals surface area contributed by atoms with Gasteiger partial charge in [-0.25, -0.2) is 5.26 Å². The van der Waals surface area contributed by atoms with Gasteiger partial charge in [-0.15, -0.1) is 11.6 Å². The van der Waals surface area contributed by atoms with E-state index >= 15 is 0 Å². The Balaban J connectivity index is 2.11. The van der Waals surface area contributed by atoms with Crippen molar-refractivity contribution in [3.05, 3.63) is 48.1 Å². The van der Waals surface area contributed by atoms with Gasteiger partial charge in [-0.3, -0.25) is 9.98 Å². The molecule has 0 unspecified atom stereocenters. The van der Waals surface area contributed by atoms with E-state index in [1.54, 1.807) is 12.3 Å². The molecular weight excluding hydrogens is 296 g/mol. The fraction of sp³-hybridized carbons (Fsp3) is 0.0667. The molecule has 1 aromatic carbocycles. The number of amidine groups is 1. The Morgan fingerprint density at radius 1 is 1.45 bits per heavy atom. The van der Waals surface area contributed by atoms with Gasteiger partial charge in [0.2, 0.25) is 0 Å². The molecule has 0 spiro atoms. The van der Waals surface area contributed by atoms with Gasteiger partial charge < -0.3 is 10.2 Å². The predicted octanol–water partition coefficient (Wildman–Crippen LogP) is 2.97. The van der Waals surface area contributed by atoms with E-state index in [1.807, 2.05) is 30.2 Å². The van der Waals surface area contributed by atoms with Crippen LogP contribution in [0.3, 0.4) is 0 Å². The second-order valence-electron chi connectivity index (χ2n) is 4.34. The summed E-state index contributed by atoms with van der Waals surface area (Å²) in [6, 6.07) is 7.90. The van der Waals surface area contributed by atoms with Crippen LogP contribution in [0.2, 0.25) is 0 Å². The highest BCUT2D eigenvalue weighted by molar-refractivity contribution is 6.75. The van der Waals surface area contributed by atoms with Crippen LogP contribution in [0.15, 0.2) is 57.4 Å². The second kappa shape index (κ2) is 7.96. The van der Waals surface area contributed by atoms with Crippen LogP contribution in [0.5, 0.6) is 0 Å². The summed E-state index contributed by atoms with van der Waals surface area (Å²) >= 11 is 5.62. The minimum atomic E-state index is -0.383. The molecule has 0 fully saturated rings. The number of nitrogens with zero attached hydrogens (tertiary/aromatic N) is 4. The summed E-state index contributed by atoms with van der Waals surface area (Å²) in [5.41, 5.74) is 2.82. The van der Waals surface area contributed by atoms with Crippen LogP contribution in [-0.4, -0.2) is 31.6 Å². The van der Waals surface area contributed by atoms with Crippen molar-refractivity contribution in [1.29, 1.82) is 5.26 Å². The zero-order chi connectivity index (χ0) is 15.8. The highest BCUT2D eigenvalue weighted by atomic mass is 35.5. The maximum Gasteiger partial charge on any atom is 0.422 e. The van der Waals surface area contributed by atoms with Gasteiger partial charge in [0.05, 0.1) is 0 Å². The number of benzene rings is 1. The number of rotatable bonds is 5. The molecule has 0 radical (unpaired) electrons. The van der Waals surface area contributed by atoms with Gasteiger partial charge in [0.1, 0.15) is 11.8 Å². The Labute approximate surface area is 134 Å². The molecule has 0 atom stereocenters. The van der Waals surface area contributed by atoms with E-state index in [9.17, 15) is 0 Å². The standard InChI is InChI=1S/C15H13BClN5/c1-19-7-6-15(20-11-17)22-14-4-2-12(3-5-14)13-8-16(10-18)21-9-13/h2-9H,1,11H2,(H,20,22)/b7-6-. The third kappa shape index (κ3) is 4.17. The summed E-state index contributed by atoms with van der Waals surface area (Å²) in [5.74, 6) is 4.53. The first-order chi connectivity index (χ1) is 10.8. The third-order valence-corrected chi connectivity index (χ3v) is 3.02. The molecular formula is C15H13BClN5. The van der Waals surface area contributed by atoms with Gasteiger partial charge in [0.15, 0.2) is 0 Å². The number of alkyl halides is 1. The van der Waals surface area contributed by atoms with E-state index in [1.165, 1.54) is 6.20 Å². The van der Waals surface area contributed by atoms with Gasteiger partial charge >= 0.3 is 6.85 Å². The fourth-order valence-electron chi connectivity index (χ4n) is 1.87. The van der Waals surface area contributed by atoms with Crippen molar-refractivity contribution in [1.82, 2.24) is 0 Å². The summed E-state index contributed by atoms with van der Waals surface area (Å²) in [6.07, 6.45) is 4.94. The third-order valence-electron chi connectivity index (χ3n) is 2.90. The first-order valence-electron chi connectivity index (χ1n) is 6.51. The van der Waals surface area contributed by atoms with Crippen LogP contribution >= 0.6 is 11.6 Å². The van der Waals surface area contributed by atoms with Crippen LogP contribution in [0.1, 0.15) is 5.56 Å². The maximum absolute atomic E-state index is 8.83. The minimum Gasteiger partial charge on any atom is -0.340 e. The number of allylic oxidation sites excluding steroid dienone is 1. The Kier molecular flexibility index (Phi) is 5.69. The molecule has 0 saturated heterocycles. The molecule has 5 nitrogen and oxygen atoms in total. The van der Waals surface area contributed by atoms with Gasteiger partial charge in [0, 0.05) is 24.1 Å². The maximum atomic E-state index is 8.83. The zero-order valence-corrected chi connectivity index (χ0v) is 12.5. The van der Waals surface area contributed by atoms with Crippen LogP contribution in [0.4, 0.5) is 5.69 Å². The van der Waals surface area contributed by atoms with Crippen LogP contribution in [-0.2, 0) is 0 Å². The van der Waals surface area contributed by atoms with E-state index in [-0.39, 0.29) is 12.9 Å². The highest BCUT2D eigenvalue weighted by Gasteiger charge is 2.16. The van der Waals surface area contributed by atoms with E-state index in [2.05, 4.69) is 32.9 Å². The summed E-state index contributed by atoms with van der Waals surface area (Å²) < 4.78 is 0. The fourth-order valence-corrected chi connectivity index (χ4v) is 2.00. The molecule has 0 amide bonds. The first kappa shape index (κ1) is 15.7. The van der Waals surface area contributed by atoms with Crippen molar-refractivity contribution in [2.24, 2.45) is 14.9 Å². The number of hydrogen-bond acceptors (Lipinski definition) is 4. The normalized spacial score (nSPS) is 14.1. The number of aliphatic imine (C=N–C) groups is 2. The van der Waals surface area contributed by atoms with Gasteiger partial charge in [-0.05, 0) is 36.1 Å². The highest BCUT2D eigenvalue weighted by Crippen LogP contribution is 2.19. The molecule has 1 N–H and O–H groups in total. The molecule has 1 heterocycles. The lowest BCUT2D eigenvalue weighted by Crippen LogP contribution is -2.09. The number of nitrogens with one attached hydrogen (secondary N) is 1. The van der Waals surface area contributed by atoms with Crippen molar-refractivity contribution in [2.75, 3.05) is 11.3 Å². The molecule has 0 saturated carbocycles. The van der Waals surface area contributed by atoms with Crippen LogP contribution in [0.25, 0.3) is 5.57 Å². The molecule has 7 heteroatoms. The minimum absolute atomic E-state index is 0.154. The summed E-state index contributed by atoms with van der Waals surface area (Å²) in [5, 5.41) is 12.0. The molecule has 0 aromatic heterocycles. The lowest BCUT2D eigenvalue weighted by Gasteiger charge is -2.07. The Morgan fingerprint density at radius 3 is 2.82 bits per heavy atom. The number of halogens is 1. The van der Waals surface area contributed by atoms with Crippen molar-refractivity contribution < 1.29 is 0 Å². The van der Waals surface area contributed by atoms with E-state index in [0.29, 0.717) is 5.84 Å². The van der Waals surface area contributed by atoms with Gasteiger partial charge in [-0.2, -0.15) is 0 Å². The Hall–Kier alpha value is -2.65. The summed E-state index contributed by atoms with van der Waals surface area (Å²) in [4.78, 5) is 11.8. The molecule has 1 aliphatic heterocycles. The largest absolute Gasteiger partial charge is 0.422 e. The van der Waals surface area contributed by atoms with Crippen molar-refractivity contribution in [2.45, 2.75) is 0 Å². The van der Waals surface area contributed by atoms with Crippen molar-refractivity contribution in [3.63, 3.8) is 0 Å². The molecule has 108 valence electrons. The predicted molar refractivity (Wildman–Crippen MR) is 94.7 cm³/mol. The SMILES string of the molecule is C=N/C=C\C(=N/CCl)Nc1ccc(C2=CB(C#N)N=C2)cc1. The van der Waals surface area contributed by atoms with Gasteiger partial charge in [-0.1, -0.05) is 18.1 Å². The topological polar surface area (TPSA) is 72.9 Å². The number of anilines is 1. The average molecular weight is 310 g/mol. The van der Waals surface area contributed by atoms with Crippen molar-refractivity contribution >= 4 is 48.5 Å². The lowest BCUT2D eigenvalue weighted by molar-refractivity contribution is 1.35. The quantitative estimate of drug-likeness (QED) is 0.298. The molecule has 22 heavy (non-hydrogen) atoms. The van der Waals surface area contributed by atoms with E-state index in [4.69, 9.17) is 16.9 Å². The second-order valence-corrected chi connectivity index (χ2v) is 4.58. The molecule has 1 aromatic rings. The summed E-state index contributed by atoms with van der Waals surface area (Å²) in [7, 11) is 0. The Morgan fingerprint density at radius 2 is 2.23 bits per heavy atom. The van der Waals surface area contributed by atoms with Crippen LogP contribution in [0, 0.1) is 11.2 Å². The van der Waals surface area contributed by atoms with Crippen LogP contribution < -0.4 is 5.32 Å². The monoisotopic (exact) mass is 309 g/mol. The van der Waals surface area contributed by atoms with E-state index in [0.717, 1.165) is 16.8 Å². The van der Waals surface area contributed by atoms with Gasteiger partial charge in [0.25, 0.3) is 0 Å². The lowest BCUT2D eigenvalue weighted by atomic mass is 9.66. The molecule has 0 bridgehead atoms. The Bertz CT molecular complexity index is 698. The van der Waals surface area contributed by atoms with Crippen molar-refractivity contribution in [3.8, 4) is 5.97 Å². The first-order valence-corrected chi connectivity index (χ1v) is 7.05. The molecule has 2 rings (SSSR count). The van der Waals surface area contributed by atoms with E-state index < -0.39 is 0 Å². The molecule has 0 aliphatic carbocycles. The smallest absolute Gasteiger partial charge is 0.340 e. The summed E-state index contributed by atoms with van der Waals surface area (Å²) in [6.45, 7) is 2.99. The molecule has 1 aliphatic rings. The average Bonchev–Trinajstić information content (AvgIpc) is 3.02. The zero-order valence-electron chi connectivity index (χ0n) is 11.8.